The topological polar surface area (TPSA) is 115 Å². The lowest BCUT2D eigenvalue weighted by atomic mass is 10.2. The Bertz CT molecular complexity index is 1200. The van der Waals surface area contributed by atoms with Crippen LogP contribution in [-0.4, -0.2) is 49.1 Å². The Balaban J connectivity index is 1.47. The molecule has 0 unspecified atom stereocenters. The Labute approximate surface area is 190 Å². The summed E-state index contributed by atoms with van der Waals surface area (Å²) < 4.78 is 39.3. The van der Waals surface area contributed by atoms with Crippen LogP contribution in [-0.2, 0) is 16.6 Å². The monoisotopic (exact) mass is 476 g/mol. The van der Waals surface area contributed by atoms with Gasteiger partial charge in [-0.1, -0.05) is 12.1 Å². The Kier molecular flexibility index (Phi) is 6.58. The molecule has 0 radical (unpaired) electrons. The van der Waals surface area contributed by atoms with E-state index in [0.717, 1.165) is 24.2 Å². The number of carbonyl (C=O) groups is 1. The number of thiophene rings is 1. The predicted octanol–water partition coefficient (Wildman–Crippen LogP) is 3.22. The number of sulfonamides is 1. The van der Waals surface area contributed by atoms with E-state index in [0.29, 0.717) is 29.5 Å². The third kappa shape index (κ3) is 4.84. The van der Waals surface area contributed by atoms with Crippen LogP contribution in [0.5, 0.6) is 5.75 Å². The number of amides is 1. The summed E-state index contributed by atoms with van der Waals surface area (Å²) in [4.78, 5) is 15.3. The van der Waals surface area contributed by atoms with Gasteiger partial charge in [0.1, 0.15) is 5.75 Å². The summed E-state index contributed by atoms with van der Waals surface area (Å²) in [5, 5.41) is 7.81. The van der Waals surface area contributed by atoms with E-state index in [9.17, 15) is 13.2 Å². The van der Waals surface area contributed by atoms with E-state index in [1.54, 1.807) is 24.0 Å². The lowest BCUT2D eigenvalue weighted by molar-refractivity contribution is 0.0754. The largest absolute Gasteiger partial charge is 0.494 e. The SMILES string of the molecule is CCOc1ccc(CNS(=O)(=O)c2cc(-c3nnc(C(=O)N4CCCC4)o3)sc2C)cc1. The number of aryl methyl sites for hydroxylation is 1. The standard InChI is InChI=1S/C21H24N4O5S2/c1-3-29-16-8-6-15(7-9-16)13-22-32(27,28)18-12-17(31-14(18)2)19-23-24-20(30-19)21(26)25-10-4-5-11-25/h6-9,12,22H,3-5,10-11,13H2,1-2H3. The molecule has 1 amide bonds. The first-order chi connectivity index (χ1) is 15.4. The fourth-order valence-electron chi connectivity index (χ4n) is 3.43. The number of carbonyl (C=O) groups excluding carboxylic acids is 1. The van der Waals surface area contributed by atoms with Crippen molar-refractivity contribution >= 4 is 27.3 Å². The van der Waals surface area contributed by atoms with Gasteiger partial charge in [0.2, 0.25) is 10.0 Å². The molecule has 4 rings (SSSR count). The molecule has 3 heterocycles. The predicted molar refractivity (Wildman–Crippen MR) is 119 cm³/mol. The number of rotatable bonds is 8. The molecule has 1 aromatic carbocycles. The molecule has 11 heteroatoms. The van der Waals surface area contributed by atoms with Gasteiger partial charge < -0.3 is 14.1 Å². The van der Waals surface area contributed by atoms with Gasteiger partial charge in [0.05, 0.1) is 16.4 Å². The number of nitrogens with zero attached hydrogens (tertiary/aromatic N) is 3. The van der Waals surface area contributed by atoms with Crippen LogP contribution in [0.15, 0.2) is 39.6 Å². The third-order valence-corrected chi connectivity index (χ3v) is 7.77. The molecule has 0 bridgehead atoms. The molecule has 0 spiro atoms. The second-order valence-electron chi connectivity index (χ2n) is 7.34. The minimum atomic E-state index is -3.76. The number of hydrogen-bond donors (Lipinski definition) is 1. The highest BCUT2D eigenvalue weighted by Crippen LogP contribution is 2.33. The van der Waals surface area contributed by atoms with Crippen molar-refractivity contribution in [1.29, 1.82) is 0 Å². The van der Waals surface area contributed by atoms with Crippen molar-refractivity contribution in [3.05, 3.63) is 46.7 Å². The van der Waals surface area contributed by atoms with E-state index in [4.69, 9.17) is 9.15 Å². The second kappa shape index (κ2) is 9.39. The number of ether oxygens (including phenoxy) is 1. The molecule has 3 aromatic rings. The van der Waals surface area contributed by atoms with Crippen LogP contribution in [0, 0.1) is 6.92 Å². The van der Waals surface area contributed by atoms with Gasteiger partial charge in [0, 0.05) is 24.5 Å². The zero-order valence-electron chi connectivity index (χ0n) is 17.8. The molecule has 1 aliphatic heterocycles. The molecule has 1 saturated heterocycles. The molecule has 170 valence electrons. The third-order valence-electron chi connectivity index (χ3n) is 5.07. The van der Waals surface area contributed by atoms with Gasteiger partial charge in [-0.3, -0.25) is 4.79 Å². The first-order valence-corrected chi connectivity index (χ1v) is 12.6. The van der Waals surface area contributed by atoms with E-state index in [1.807, 2.05) is 19.1 Å². The molecule has 2 aromatic heterocycles. The van der Waals surface area contributed by atoms with Gasteiger partial charge in [-0.25, -0.2) is 13.1 Å². The average Bonchev–Trinajstić information content (AvgIpc) is 3.53. The first-order valence-electron chi connectivity index (χ1n) is 10.3. The minimum Gasteiger partial charge on any atom is -0.494 e. The fraction of sp³-hybridized carbons (Fsp3) is 0.381. The molecular formula is C21H24N4O5S2. The molecule has 1 N–H and O–H groups in total. The Morgan fingerprint density at radius 2 is 1.94 bits per heavy atom. The van der Waals surface area contributed by atoms with Crippen molar-refractivity contribution in [3.63, 3.8) is 0 Å². The van der Waals surface area contributed by atoms with E-state index < -0.39 is 10.0 Å². The number of hydrogen-bond acceptors (Lipinski definition) is 8. The number of nitrogens with one attached hydrogen (secondary N) is 1. The number of aromatic nitrogens is 2. The fourth-order valence-corrected chi connectivity index (χ4v) is 5.96. The molecular weight excluding hydrogens is 452 g/mol. The van der Waals surface area contributed by atoms with Crippen molar-refractivity contribution in [2.45, 2.75) is 38.1 Å². The summed E-state index contributed by atoms with van der Waals surface area (Å²) in [6, 6.07) is 8.74. The van der Waals surface area contributed by atoms with Gasteiger partial charge in [-0.05, 0) is 50.5 Å². The molecule has 0 atom stereocenters. The number of likely N-dealkylation sites (tertiary alicyclic amines) is 1. The summed E-state index contributed by atoms with van der Waals surface area (Å²) in [6.07, 6.45) is 1.92. The van der Waals surface area contributed by atoms with Crippen molar-refractivity contribution in [2.75, 3.05) is 19.7 Å². The molecule has 1 aliphatic rings. The summed E-state index contributed by atoms with van der Waals surface area (Å²) >= 11 is 1.22. The van der Waals surface area contributed by atoms with Crippen LogP contribution in [0.2, 0.25) is 0 Å². The lowest BCUT2D eigenvalue weighted by Gasteiger charge is -2.11. The van der Waals surface area contributed by atoms with Gasteiger partial charge in [0.25, 0.3) is 5.89 Å². The molecule has 9 nitrogen and oxygen atoms in total. The highest BCUT2D eigenvalue weighted by atomic mass is 32.2. The van der Waals surface area contributed by atoms with Gasteiger partial charge in [-0.15, -0.1) is 21.5 Å². The maximum Gasteiger partial charge on any atom is 0.311 e. The minimum absolute atomic E-state index is 0.0778. The summed E-state index contributed by atoms with van der Waals surface area (Å²) in [7, 11) is -3.76. The van der Waals surface area contributed by atoms with Crippen molar-refractivity contribution in [1.82, 2.24) is 19.8 Å². The van der Waals surface area contributed by atoms with Crippen molar-refractivity contribution in [3.8, 4) is 16.5 Å². The Morgan fingerprint density at radius 1 is 1.22 bits per heavy atom. The van der Waals surface area contributed by atoms with Crippen LogP contribution >= 0.6 is 11.3 Å². The summed E-state index contributed by atoms with van der Waals surface area (Å²) in [5.74, 6) is 0.499. The van der Waals surface area contributed by atoms with Gasteiger partial charge in [-0.2, -0.15) is 0 Å². The van der Waals surface area contributed by atoms with Crippen molar-refractivity contribution in [2.24, 2.45) is 0 Å². The van der Waals surface area contributed by atoms with E-state index >= 15 is 0 Å². The number of benzene rings is 1. The zero-order valence-corrected chi connectivity index (χ0v) is 19.5. The summed E-state index contributed by atoms with van der Waals surface area (Å²) in [6.45, 7) is 5.69. The highest BCUT2D eigenvalue weighted by molar-refractivity contribution is 7.89. The first kappa shape index (κ1) is 22.4. The van der Waals surface area contributed by atoms with Gasteiger partial charge >= 0.3 is 11.8 Å². The molecule has 1 fully saturated rings. The molecule has 0 aliphatic carbocycles. The lowest BCUT2D eigenvalue weighted by Crippen LogP contribution is -2.27. The van der Waals surface area contributed by atoms with Crippen molar-refractivity contribution < 1.29 is 22.4 Å². The Morgan fingerprint density at radius 3 is 2.62 bits per heavy atom. The van der Waals surface area contributed by atoms with Crippen LogP contribution in [0.3, 0.4) is 0 Å². The van der Waals surface area contributed by atoms with Crippen LogP contribution in [0.4, 0.5) is 0 Å². The van der Waals surface area contributed by atoms with E-state index in [-0.39, 0.29) is 29.1 Å². The Hall–Kier alpha value is -2.76. The highest BCUT2D eigenvalue weighted by Gasteiger charge is 2.26. The normalized spacial score (nSPS) is 14.1. The maximum absolute atomic E-state index is 12.9. The van der Waals surface area contributed by atoms with Gasteiger partial charge in [0.15, 0.2) is 0 Å². The smallest absolute Gasteiger partial charge is 0.311 e. The second-order valence-corrected chi connectivity index (χ2v) is 10.3. The molecule has 0 saturated carbocycles. The summed E-state index contributed by atoms with van der Waals surface area (Å²) in [5.41, 5.74) is 0.812. The van der Waals surface area contributed by atoms with Crippen LogP contribution in [0.1, 0.15) is 40.9 Å². The zero-order chi connectivity index (χ0) is 22.7. The van der Waals surface area contributed by atoms with E-state index in [2.05, 4.69) is 14.9 Å². The quantitative estimate of drug-likeness (QED) is 0.531. The average molecular weight is 477 g/mol. The van der Waals surface area contributed by atoms with E-state index in [1.165, 1.54) is 17.4 Å². The molecule has 32 heavy (non-hydrogen) atoms. The van der Waals surface area contributed by atoms with Crippen LogP contribution in [0.25, 0.3) is 10.8 Å². The van der Waals surface area contributed by atoms with Crippen LogP contribution < -0.4 is 9.46 Å². The maximum atomic E-state index is 12.9.